The van der Waals surface area contributed by atoms with Gasteiger partial charge in [0.25, 0.3) is 0 Å². The van der Waals surface area contributed by atoms with E-state index in [0.29, 0.717) is 6.04 Å². The summed E-state index contributed by atoms with van der Waals surface area (Å²) in [7, 11) is 0. The molecule has 132 valence electrons. The van der Waals surface area contributed by atoms with Crippen molar-refractivity contribution < 1.29 is 9.90 Å². The molecule has 1 saturated carbocycles. The van der Waals surface area contributed by atoms with Crippen LogP contribution >= 0.6 is 0 Å². The maximum Gasteiger partial charge on any atom is 0.249 e. The molecule has 1 atom stereocenters. The normalized spacial score (nSPS) is 20.5. The quantitative estimate of drug-likeness (QED) is 0.875. The van der Waals surface area contributed by atoms with Crippen molar-refractivity contribution in [3.05, 3.63) is 42.1 Å². The number of nitrogens with zero attached hydrogens (tertiary/aromatic N) is 2. The van der Waals surface area contributed by atoms with Crippen LogP contribution in [0, 0.1) is 5.92 Å². The molecular weight excluding hydrogens is 314 g/mol. The molecule has 2 aromatic rings. The highest BCUT2D eigenvalue weighted by Crippen LogP contribution is 2.24. The number of rotatable bonds is 5. The molecule has 25 heavy (non-hydrogen) atoms. The third-order valence-corrected chi connectivity index (χ3v) is 5.31. The van der Waals surface area contributed by atoms with Gasteiger partial charge in [-0.3, -0.25) is 14.7 Å². The van der Waals surface area contributed by atoms with Gasteiger partial charge >= 0.3 is 0 Å². The molecule has 1 aliphatic heterocycles. The Labute approximate surface area is 148 Å². The molecule has 5 heteroatoms. The Hall–Kier alpha value is -1.98. The molecule has 1 saturated heterocycles. The van der Waals surface area contributed by atoms with Gasteiger partial charge < -0.3 is 10.4 Å². The summed E-state index contributed by atoms with van der Waals surface area (Å²) >= 11 is 0. The number of aliphatic hydroxyl groups is 1. The molecule has 1 aromatic heterocycles. The maximum absolute atomic E-state index is 12.0. The van der Waals surface area contributed by atoms with Crippen LogP contribution < -0.4 is 5.32 Å². The Morgan fingerprint density at radius 1 is 1.16 bits per heavy atom. The Bertz CT molecular complexity index is 751. The summed E-state index contributed by atoms with van der Waals surface area (Å²) in [5.74, 6) is -0.114. The fourth-order valence-corrected chi connectivity index (χ4v) is 3.58. The average Bonchev–Trinajstić information content (AvgIpc) is 3.45. The smallest absolute Gasteiger partial charge is 0.249 e. The van der Waals surface area contributed by atoms with E-state index in [1.807, 2.05) is 18.2 Å². The number of aliphatic hydroxyl groups excluding tert-OH is 1. The Kier molecular flexibility index (Phi) is 4.68. The molecule has 1 unspecified atom stereocenters. The molecular formula is C20H25N3O2. The lowest BCUT2D eigenvalue weighted by molar-refractivity contribution is -0.133. The van der Waals surface area contributed by atoms with E-state index in [1.54, 1.807) is 0 Å². The largest absolute Gasteiger partial charge is 0.383 e. The van der Waals surface area contributed by atoms with Gasteiger partial charge in [0.2, 0.25) is 5.91 Å². The first kappa shape index (κ1) is 16.5. The van der Waals surface area contributed by atoms with E-state index in [1.165, 1.54) is 0 Å². The van der Waals surface area contributed by atoms with Crippen molar-refractivity contribution in [1.82, 2.24) is 15.2 Å². The minimum atomic E-state index is -0.860. The second-order valence-electron chi connectivity index (χ2n) is 7.34. The highest BCUT2D eigenvalue weighted by atomic mass is 16.3. The van der Waals surface area contributed by atoms with Crippen molar-refractivity contribution in [2.24, 2.45) is 5.92 Å². The first-order chi connectivity index (χ1) is 12.2. The summed E-state index contributed by atoms with van der Waals surface area (Å²) in [5, 5.41) is 14.3. The number of para-hydroxylation sites is 1. The Morgan fingerprint density at radius 3 is 2.68 bits per heavy atom. The van der Waals surface area contributed by atoms with Crippen LogP contribution in [0.4, 0.5) is 0 Å². The zero-order valence-corrected chi connectivity index (χ0v) is 14.4. The summed E-state index contributed by atoms with van der Waals surface area (Å²) in [5.41, 5.74) is 2.10. The number of carbonyl (C=O) groups excluding carboxylic acids is 1. The molecule has 0 radical (unpaired) electrons. The van der Waals surface area contributed by atoms with Crippen molar-refractivity contribution in [1.29, 1.82) is 0 Å². The highest BCUT2D eigenvalue weighted by molar-refractivity contribution is 5.81. The predicted octanol–water partition coefficient (Wildman–Crippen LogP) is 2.09. The van der Waals surface area contributed by atoms with Crippen LogP contribution in [0.1, 0.15) is 31.4 Å². The number of pyridine rings is 1. The van der Waals surface area contributed by atoms with Gasteiger partial charge in [-0.2, -0.15) is 0 Å². The van der Waals surface area contributed by atoms with E-state index in [2.05, 4.69) is 28.4 Å². The van der Waals surface area contributed by atoms with E-state index < -0.39 is 6.10 Å². The third kappa shape index (κ3) is 3.99. The first-order valence-electron chi connectivity index (χ1n) is 9.24. The number of hydrogen-bond donors (Lipinski definition) is 2. The average molecular weight is 339 g/mol. The summed E-state index contributed by atoms with van der Waals surface area (Å²) in [6.07, 6.45) is 2.95. The van der Waals surface area contributed by atoms with Crippen LogP contribution in [-0.2, 0) is 11.3 Å². The SMILES string of the molecule is O=C(NC1CC1)C(O)C1CCN(Cc2ccc3ccccc3n2)CC1. The Morgan fingerprint density at radius 2 is 1.92 bits per heavy atom. The molecule has 2 N–H and O–H groups in total. The van der Waals surface area contributed by atoms with Crippen molar-refractivity contribution in [2.75, 3.05) is 13.1 Å². The van der Waals surface area contributed by atoms with E-state index in [9.17, 15) is 9.90 Å². The molecule has 1 amide bonds. The minimum Gasteiger partial charge on any atom is -0.383 e. The van der Waals surface area contributed by atoms with Gasteiger partial charge in [-0.1, -0.05) is 24.3 Å². The topological polar surface area (TPSA) is 65.5 Å². The third-order valence-electron chi connectivity index (χ3n) is 5.31. The van der Waals surface area contributed by atoms with Crippen LogP contribution in [0.2, 0.25) is 0 Å². The molecule has 4 rings (SSSR count). The fourth-order valence-electron chi connectivity index (χ4n) is 3.58. The summed E-state index contributed by atoms with van der Waals surface area (Å²) in [4.78, 5) is 19.1. The number of aromatic nitrogens is 1. The van der Waals surface area contributed by atoms with E-state index in [-0.39, 0.29) is 11.8 Å². The molecule has 2 fully saturated rings. The van der Waals surface area contributed by atoms with Gasteiger partial charge in [0, 0.05) is 18.0 Å². The Balaban J connectivity index is 1.31. The molecule has 1 aliphatic carbocycles. The second-order valence-corrected chi connectivity index (χ2v) is 7.34. The molecule has 0 bridgehead atoms. The van der Waals surface area contributed by atoms with Gasteiger partial charge in [-0.05, 0) is 56.8 Å². The number of benzene rings is 1. The van der Waals surface area contributed by atoms with Crippen molar-refractivity contribution in [3.8, 4) is 0 Å². The zero-order chi connectivity index (χ0) is 17.2. The number of nitrogens with one attached hydrogen (secondary N) is 1. The number of piperidine rings is 1. The molecule has 1 aromatic carbocycles. The number of likely N-dealkylation sites (tertiary alicyclic amines) is 1. The lowest BCUT2D eigenvalue weighted by atomic mass is 9.90. The van der Waals surface area contributed by atoms with Crippen LogP contribution in [0.5, 0.6) is 0 Å². The van der Waals surface area contributed by atoms with Crippen LogP contribution in [-0.4, -0.2) is 46.1 Å². The molecule has 5 nitrogen and oxygen atoms in total. The van der Waals surface area contributed by atoms with Gasteiger partial charge in [-0.15, -0.1) is 0 Å². The minimum absolute atomic E-state index is 0.0690. The maximum atomic E-state index is 12.0. The van der Waals surface area contributed by atoms with Crippen molar-refractivity contribution >= 4 is 16.8 Å². The van der Waals surface area contributed by atoms with Gasteiger partial charge in [0.15, 0.2) is 0 Å². The fraction of sp³-hybridized carbons (Fsp3) is 0.500. The summed E-state index contributed by atoms with van der Waals surface area (Å²) < 4.78 is 0. The standard InChI is InChI=1S/C20H25N3O2/c24-19(20(25)22-16-7-8-16)15-9-11-23(12-10-15)13-17-6-5-14-3-1-2-4-18(14)21-17/h1-6,15-16,19,24H,7-13H2,(H,22,25). The second kappa shape index (κ2) is 7.10. The van der Waals surface area contributed by atoms with Gasteiger partial charge in [-0.25, -0.2) is 0 Å². The molecule has 2 aliphatic rings. The lowest BCUT2D eigenvalue weighted by Crippen LogP contribution is -2.45. The van der Waals surface area contributed by atoms with Gasteiger partial charge in [0.05, 0.1) is 11.2 Å². The van der Waals surface area contributed by atoms with Crippen molar-refractivity contribution in [2.45, 2.75) is 44.4 Å². The highest BCUT2D eigenvalue weighted by Gasteiger charge is 2.32. The van der Waals surface area contributed by atoms with Crippen LogP contribution in [0.3, 0.4) is 0 Å². The number of fused-ring (bicyclic) bond motifs is 1. The van der Waals surface area contributed by atoms with Crippen molar-refractivity contribution in [3.63, 3.8) is 0 Å². The monoisotopic (exact) mass is 339 g/mol. The lowest BCUT2D eigenvalue weighted by Gasteiger charge is -2.33. The summed E-state index contributed by atoms with van der Waals surface area (Å²) in [6, 6.07) is 12.7. The molecule has 2 heterocycles. The number of hydrogen-bond acceptors (Lipinski definition) is 4. The first-order valence-corrected chi connectivity index (χ1v) is 9.24. The van der Waals surface area contributed by atoms with E-state index >= 15 is 0 Å². The van der Waals surface area contributed by atoms with E-state index in [4.69, 9.17) is 4.98 Å². The summed E-state index contributed by atoms with van der Waals surface area (Å²) in [6.45, 7) is 2.61. The van der Waals surface area contributed by atoms with Gasteiger partial charge in [0.1, 0.15) is 6.10 Å². The van der Waals surface area contributed by atoms with E-state index in [0.717, 1.165) is 61.9 Å². The number of carbonyl (C=O) groups is 1. The number of amides is 1. The molecule has 0 spiro atoms. The van der Waals surface area contributed by atoms with Crippen LogP contribution in [0.25, 0.3) is 10.9 Å². The predicted molar refractivity (Wildman–Crippen MR) is 96.9 cm³/mol. The van der Waals surface area contributed by atoms with Crippen LogP contribution in [0.15, 0.2) is 36.4 Å². The zero-order valence-electron chi connectivity index (χ0n) is 14.4.